The summed E-state index contributed by atoms with van der Waals surface area (Å²) in [5.74, 6) is 2.49. The van der Waals surface area contributed by atoms with Gasteiger partial charge in [0.25, 0.3) is 0 Å². The summed E-state index contributed by atoms with van der Waals surface area (Å²) in [5.41, 5.74) is 0. The van der Waals surface area contributed by atoms with Crippen LogP contribution in [0.4, 0.5) is 0 Å². The number of nitrogens with one attached hydrogen (secondary N) is 1. The molecule has 2 aliphatic rings. The quantitative estimate of drug-likeness (QED) is 0.776. The molecule has 1 atom stereocenters. The second kappa shape index (κ2) is 7.81. The Labute approximate surface area is 143 Å². The predicted molar refractivity (Wildman–Crippen MR) is 91.4 cm³/mol. The first-order valence-corrected chi connectivity index (χ1v) is 9.16. The van der Waals surface area contributed by atoms with E-state index < -0.39 is 0 Å². The average Bonchev–Trinajstić information content (AvgIpc) is 3.26. The Kier molecular flexibility index (Phi) is 5.53. The number of likely N-dealkylation sites (tertiary alicyclic amines) is 1. The van der Waals surface area contributed by atoms with E-state index in [9.17, 15) is 9.59 Å². The van der Waals surface area contributed by atoms with E-state index >= 15 is 0 Å². The van der Waals surface area contributed by atoms with Crippen molar-refractivity contribution in [3.05, 3.63) is 18.2 Å². The second-order valence-electron chi connectivity index (χ2n) is 7.15. The maximum Gasteiger partial charge on any atom is 0.222 e. The van der Waals surface area contributed by atoms with Crippen molar-refractivity contribution in [3.8, 4) is 0 Å². The number of hydrogen-bond donors (Lipinski definition) is 1. The molecule has 1 aromatic rings. The number of aromatic nitrogens is 2. The van der Waals surface area contributed by atoms with Crippen molar-refractivity contribution in [2.24, 2.45) is 5.92 Å². The third kappa shape index (κ3) is 4.58. The van der Waals surface area contributed by atoms with E-state index in [-0.39, 0.29) is 11.8 Å². The molecule has 0 radical (unpaired) electrons. The summed E-state index contributed by atoms with van der Waals surface area (Å²) >= 11 is 0. The molecule has 1 saturated carbocycles. The predicted octanol–water partition coefficient (Wildman–Crippen LogP) is 1.92. The molecule has 0 spiro atoms. The minimum Gasteiger partial charge on any atom is -0.356 e. The van der Waals surface area contributed by atoms with Crippen molar-refractivity contribution in [3.63, 3.8) is 0 Å². The van der Waals surface area contributed by atoms with Gasteiger partial charge in [-0.1, -0.05) is 0 Å². The minimum absolute atomic E-state index is 0.0389. The highest BCUT2D eigenvalue weighted by molar-refractivity contribution is 5.76. The molecule has 6 nitrogen and oxygen atoms in total. The maximum atomic E-state index is 12.4. The van der Waals surface area contributed by atoms with E-state index in [1.807, 2.05) is 11.1 Å². The van der Waals surface area contributed by atoms with Gasteiger partial charge in [0.05, 0.1) is 0 Å². The van der Waals surface area contributed by atoms with E-state index in [1.165, 1.54) is 19.8 Å². The number of piperidine rings is 1. The van der Waals surface area contributed by atoms with Crippen LogP contribution in [-0.4, -0.2) is 45.9 Å². The van der Waals surface area contributed by atoms with Crippen LogP contribution in [-0.2, 0) is 16.1 Å². The highest BCUT2D eigenvalue weighted by Crippen LogP contribution is 2.33. The molecule has 2 heterocycles. The van der Waals surface area contributed by atoms with Gasteiger partial charge in [0.1, 0.15) is 5.82 Å². The molecule has 132 valence electrons. The number of carbonyl (C=O) groups excluding carboxylic acids is 2. The Morgan fingerprint density at radius 2 is 2.17 bits per heavy atom. The molecule has 0 aromatic carbocycles. The van der Waals surface area contributed by atoms with Crippen LogP contribution in [0.3, 0.4) is 0 Å². The number of rotatable bonds is 7. The van der Waals surface area contributed by atoms with Gasteiger partial charge in [-0.25, -0.2) is 4.98 Å². The summed E-state index contributed by atoms with van der Waals surface area (Å²) < 4.78 is 2.30. The van der Waals surface area contributed by atoms with Crippen LogP contribution in [0.15, 0.2) is 12.4 Å². The van der Waals surface area contributed by atoms with Crippen molar-refractivity contribution in [1.29, 1.82) is 0 Å². The summed E-state index contributed by atoms with van der Waals surface area (Å²) in [6.07, 6.45) is 10.0. The van der Waals surface area contributed by atoms with E-state index in [0.717, 1.165) is 44.2 Å². The van der Waals surface area contributed by atoms with Crippen molar-refractivity contribution in [2.45, 2.75) is 57.9 Å². The Bertz CT molecular complexity index is 579. The lowest BCUT2D eigenvalue weighted by Crippen LogP contribution is -2.40. The lowest BCUT2D eigenvalue weighted by Gasteiger charge is -2.33. The van der Waals surface area contributed by atoms with E-state index in [2.05, 4.69) is 21.1 Å². The molecular weight excluding hydrogens is 304 g/mol. The van der Waals surface area contributed by atoms with E-state index in [4.69, 9.17) is 0 Å². The lowest BCUT2D eigenvalue weighted by molar-refractivity contribution is -0.132. The normalized spacial score (nSPS) is 20.9. The van der Waals surface area contributed by atoms with Crippen molar-refractivity contribution in [2.75, 3.05) is 19.6 Å². The van der Waals surface area contributed by atoms with Gasteiger partial charge in [0.2, 0.25) is 11.8 Å². The Balaban J connectivity index is 1.51. The fourth-order valence-corrected chi connectivity index (χ4v) is 3.49. The number of hydrogen-bond acceptors (Lipinski definition) is 3. The van der Waals surface area contributed by atoms with Gasteiger partial charge in [-0.2, -0.15) is 0 Å². The van der Waals surface area contributed by atoms with Crippen LogP contribution in [0.5, 0.6) is 0 Å². The van der Waals surface area contributed by atoms with Crippen molar-refractivity contribution < 1.29 is 9.59 Å². The SMILES string of the molecule is CC(=O)NCCCC(=O)N1CCCC(c2nccn2CC2CC2)C1. The minimum atomic E-state index is -0.0389. The second-order valence-corrected chi connectivity index (χ2v) is 7.15. The van der Waals surface area contributed by atoms with Crippen LogP contribution in [0.25, 0.3) is 0 Å². The smallest absolute Gasteiger partial charge is 0.222 e. The average molecular weight is 332 g/mol. The first-order valence-electron chi connectivity index (χ1n) is 9.16. The molecule has 1 unspecified atom stereocenters. The van der Waals surface area contributed by atoms with Crippen LogP contribution >= 0.6 is 0 Å². The molecule has 24 heavy (non-hydrogen) atoms. The van der Waals surface area contributed by atoms with Crippen LogP contribution < -0.4 is 5.32 Å². The summed E-state index contributed by atoms with van der Waals surface area (Å²) in [5, 5.41) is 2.74. The van der Waals surface area contributed by atoms with E-state index in [0.29, 0.717) is 25.3 Å². The van der Waals surface area contributed by atoms with Gasteiger partial charge in [-0.05, 0) is 38.0 Å². The van der Waals surface area contributed by atoms with Crippen LogP contribution in [0, 0.1) is 5.92 Å². The maximum absolute atomic E-state index is 12.4. The number of nitrogens with zero attached hydrogens (tertiary/aromatic N) is 3. The van der Waals surface area contributed by atoms with Gasteiger partial charge in [-0.3, -0.25) is 9.59 Å². The Hall–Kier alpha value is -1.85. The summed E-state index contributed by atoms with van der Waals surface area (Å²) in [6.45, 7) is 4.78. The zero-order chi connectivity index (χ0) is 16.9. The first-order chi connectivity index (χ1) is 11.6. The van der Waals surface area contributed by atoms with Gasteiger partial charge in [0, 0.05) is 57.8 Å². The zero-order valence-corrected chi connectivity index (χ0v) is 14.5. The molecule has 3 rings (SSSR count). The van der Waals surface area contributed by atoms with E-state index in [1.54, 1.807) is 0 Å². The largest absolute Gasteiger partial charge is 0.356 e. The fourth-order valence-electron chi connectivity index (χ4n) is 3.49. The molecule has 1 aromatic heterocycles. The standard InChI is InChI=1S/C18H28N4O2/c1-14(23)19-8-2-5-17(24)21-10-3-4-16(13-21)18-20-9-11-22(18)12-15-6-7-15/h9,11,15-16H,2-8,10,12-13H2,1H3,(H,19,23). The number of imidazole rings is 1. The lowest BCUT2D eigenvalue weighted by atomic mass is 9.96. The number of carbonyl (C=O) groups is 2. The molecule has 1 saturated heterocycles. The first kappa shape index (κ1) is 17.0. The Morgan fingerprint density at radius 1 is 1.33 bits per heavy atom. The molecule has 1 aliphatic carbocycles. The topological polar surface area (TPSA) is 67.2 Å². The molecule has 6 heteroatoms. The van der Waals surface area contributed by atoms with Crippen molar-refractivity contribution >= 4 is 11.8 Å². The zero-order valence-electron chi connectivity index (χ0n) is 14.5. The van der Waals surface area contributed by atoms with Gasteiger partial charge < -0.3 is 14.8 Å². The summed E-state index contributed by atoms with van der Waals surface area (Å²) in [7, 11) is 0. The molecule has 2 fully saturated rings. The third-order valence-electron chi connectivity index (χ3n) is 4.98. The fraction of sp³-hybridized carbons (Fsp3) is 0.722. The molecule has 1 N–H and O–H groups in total. The Morgan fingerprint density at radius 3 is 2.92 bits per heavy atom. The van der Waals surface area contributed by atoms with Crippen LogP contribution in [0.2, 0.25) is 0 Å². The van der Waals surface area contributed by atoms with Crippen LogP contribution in [0.1, 0.15) is 57.2 Å². The third-order valence-corrected chi connectivity index (χ3v) is 4.98. The highest BCUT2D eigenvalue weighted by Gasteiger charge is 2.29. The highest BCUT2D eigenvalue weighted by atomic mass is 16.2. The molecule has 2 amide bonds. The molecule has 0 bridgehead atoms. The van der Waals surface area contributed by atoms with Gasteiger partial charge in [-0.15, -0.1) is 0 Å². The van der Waals surface area contributed by atoms with Gasteiger partial charge in [0.15, 0.2) is 0 Å². The van der Waals surface area contributed by atoms with Crippen molar-refractivity contribution in [1.82, 2.24) is 19.8 Å². The summed E-state index contributed by atoms with van der Waals surface area (Å²) in [4.78, 5) is 29.8. The summed E-state index contributed by atoms with van der Waals surface area (Å²) in [6, 6.07) is 0. The molecular formula is C18H28N4O2. The number of amides is 2. The monoisotopic (exact) mass is 332 g/mol. The molecule has 1 aliphatic heterocycles. The van der Waals surface area contributed by atoms with Gasteiger partial charge >= 0.3 is 0 Å².